The second-order valence-corrected chi connectivity index (χ2v) is 17.5. The van der Waals surface area contributed by atoms with Crippen molar-refractivity contribution >= 4 is 43.9 Å². The third-order valence-corrected chi connectivity index (χ3v) is 13.4. The Hall–Kier alpha value is -8.41. The quantitative estimate of drug-likeness (QED) is 0.167. The topological polar surface area (TPSA) is 65.0 Å². The molecular weight excluding hydrogens is 795 g/mol. The van der Waals surface area contributed by atoms with Gasteiger partial charge in [0.25, 0.3) is 0 Å². The molecule has 0 spiro atoms. The fraction of sp³-hybridized carbons (Fsp3) is 0.0500. The van der Waals surface area contributed by atoms with E-state index in [0.717, 1.165) is 82.8 Å². The highest BCUT2D eigenvalue weighted by Crippen LogP contribution is 2.52. The SMILES string of the molecule is CC1(C)c2ccccc2-c2c(-c3ccc(-c4ccc5oc6cccc(-c7nc(-c8ccc(-c9ccccc9)cc8)nc(-c8ccc9oc%10ccccc%10c9c8)n7)c6c5c4)cc3)cccc21. The predicted octanol–water partition coefficient (Wildman–Crippen LogP) is 16.0. The van der Waals surface area contributed by atoms with Gasteiger partial charge >= 0.3 is 0 Å². The number of fused-ring (bicyclic) bond motifs is 9. The summed E-state index contributed by atoms with van der Waals surface area (Å²) in [5, 5.41) is 4.02. The van der Waals surface area contributed by atoms with Crippen LogP contribution in [0.1, 0.15) is 25.0 Å². The van der Waals surface area contributed by atoms with Gasteiger partial charge in [-0.2, -0.15) is 0 Å². The van der Waals surface area contributed by atoms with Gasteiger partial charge in [0.15, 0.2) is 17.5 Å². The van der Waals surface area contributed by atoms with Gasteiger partial charge in [-0.25, -0.2) is 15.0 Å². The first-order valence-electron chi connectivity index (χ1n) is 22.1. The molecule has 0 amide bonds. The number of furan rings is 2. The average molecular weight is 834 g/mol. The lowest BCUT2D eigenvalue weighted by Gasteiger charge is -2.21. The fourth-order valence-electron chi connectivity index (χ4n) is 10.1. The van der Waals surface area contributed by atoms with Crippen molar-refractivity contribution in [3.05, 3.63) is 211 Å². The molecule has 0 aliphatic heterocycles. The number of benzene rings is 9. The highest BCUT2D eigenvalue weighted by molar-refractivity contribution is 6.13. The summed E-state index contributed by atoms with van der Waals surface area (Å²) in [4.78, 5) is 15.6. The lowest BCUT2D eigenvalue weighted by molar-refractivity contribution is 0.660. The highest BCUT2D eigenvalue weighted by atomic mass is 16.3. The first-order valence-corrected chi connectivity index (χ1v) is 22.1. The molecule has 1 aliphatic rings. The molecule has 3 heterocycles. The Morgan fingerprint density at radius 3 is 1.66 bits per heavy atom. The van der Waals surface area contributed by atoms with Crippen LogP contribution in [-0.2, 0) is 5.41 Å². The van der Waals surface area contributed by atoms with Crippen LogP contribution >= 0.6 is 0 Å². The maximum atomic E-state index is 6.55. The van der Waals surface area contributed by atoms with Gasteiger partial charge in [-0.1, -0.05) is 172 Å². The van der Waals surface area contributed by atoms with E-state index in [4.69, 9.17) is 23.8 Å². The summed E-state index contributed by atoms with van der Waals surface area (Å²) in [6.45, 7) is 4.66. The summed E-state index contributed by atoms with van der Waals surface area (Å²) >= 11 is 0. The van der Waals surface area contributed by atoms with Crippen molar-refractivity contribution in [3.8, 4) is 78.7 Å². The molecule has 1 aliphatic carbocycles. The third-order valence-electron chi connectivity index (χ3n) is 13.4. The maximum Gasteiger partial charge on any atom is 0.164 e. The van der Waals surface area contributed by atoms with E-state index in [1.54, 1.807) is 0 Å². The standard InChI is InChI=1S/C60H39N3O2/c1-60(2)49-18-8-6-15-45(49)55-43(16-10-19-50(55)60)39-26-22-38(23-27-39)41-30-32-53-48(34-41)56-46(17-11-21-54(56)65-53)59-62-57(40-28-24-37(25-29-40)36-12-4-3-5-13-36)61-58(63-59)42-31-33-52-47(35-42)44-14-7-9-20-51(44)64-52/h3-35H,1-2H3. The van der Waals surface area contributed by atoms with E-state index >= 15 is 0 Å². The molecule has 0 atom stereocenters. The zero-order chi connectivity index (χ0) is 43.2. The molecule has 0 saturated carbocycles. The van der Waals surface area contributed by atoms with Crippen LogP contribution in [-0.4, -0.2) is 15.0 Å². The van der Waals surface area contributed by atoms with Crippen LogP contribution in [0, 0.1) is 0 Å². The number of rotatable bonds is 6. The molecule has 0 unspecified atom stereocenters. The Bertz CT molecular complexity index is 3840. The van der Waals surface area contributed by atoms with E-state index in [0.29, 0.717) is 17.5 Å². The van der Waals surface area contributed by atoms with Crippen molar-refractivity contribution in [2.24, 2.45) is 0 Å². The Morgan fingerprint density at radius 2 is 0.831 bits per heavy atom. The normalized spacial score (nSPS) is 12.9. The van der Waals surface area contributed by atoms with E-state index in [9.17, 15) is 0 Å². The lowest BCUT2D eigenvalue weighted by atomic mass is 9.82. The van der Waals surface area contributed by atoms with Crippen LogP contribution in [0.15, 0.2) is 209 Å². The van der Waals surface area contributed by atoms with Crippen LogP contribution < -0.4 is 0 Å². The number of para-hydroxylation sites is 1. The third kappa shape index (κ3) is 5.97. The summed E-state index contributed by atoms with van der Waals surface area (Å²) in [7, 11) is 0. The molecule has 13 rings (SSSR count). The predicted molar refractivity (Wildman–Crippen MR) is 265 cm³/mol. The van der Waals surface area contributed by atoms with Gasteiger partial charge in [-0.3, -0.25) is 0 Å². The summed E-state index contributed by atoms with van der Waals surface area (Å²) in [6.07, 6.45) is 0. The average Bonchev–Trinajstić information content (AvgIpc) is 4.01. The van der Waals surface area contributed by atoms with Gasteiger partial charge in [0.2, 0.25) is 0 Å². The van der Waals surface area contributed by atoms with E-state index in [1.807, 2.05) is 48.5 Å². The van der Waals surface area contributed by atoms with Crippen molar-refractivity contribution in [2.45, 2.75) is 19.3 Å². The van der Waals surface area contributed by atoms with Crippen LogP contribution in [0.3, 0.4) is 0 Å². The molecule has 0 saturated heterocycles. The number of aromatic nitrogens is 3. The maximum absolute atomic E-state index is 6.55. The Kier molecular flexibility index (Phi) is 8.18. The minimum Gasteiger partial charge on any atom is -0.456 e. The second kappa shape index (κ2) is 14.3. The van der Waals surface area contributed by atoms with E-state index in [2.05, 4.69) is 166 Å². The zero-order valence-electron chi connectivity index (χ0n) is 35.7. The Morgan fingerprint density at radius 1 is 0.323 bits per heavy atom. The largest absolute Gasteiger partial charge is 0.456 e. The zero-order valence-corrected chi connectivity index (χ0v) is 35.7. The first kappa shape index (κ1) is 37.2. The fourth-order valence-corrected chi connectivity index (χ4v) is 10.1. The van der Waals surface area contributed by atoms with E-state index in [-0.39, 0.29) is 5.41 Å². The van der Waals surface area contributed by atoms with Gasteiger partial charge < -0.3 is 8.83 Å². The van der Waals surface area contributed by atoms with Crippen LogP contribution in [0.25, 0.3) is 123 Å². The molecule has 12 aromatic rings. The number of hydrogen-bond acceptors (Lipinski definition) is 5. The van der Waals surface area contributed by atoms with Crippen molar-refractivity contribution in [1.29, 1.82) is 0 Å². The van der Waals surface area contributed by atoms with E-state index < -0.39 is 0 Å². The van der Waals surface area contributed by atoms with Gasteiger partial charge in [-0.15, -0.1) is 0 Å². The Balaban J connectivity index is 0.932. The Labute approximate surface area is 375 Å². The first-order chi connectivity index (χ1) is 31.9. The van der Waals surface area contributed by atoms with Gasteiger partial charge in [0, 0.05) is 43.7 Å². The monoisotopic (exact) mass is 833 g/mol. The summed E-state index contributed by atoms with van der Waals surface area (Å²) in [6, 6.07) is 70.3. The smallest absolute Gasteiger partial charge is 0.164 e. The van der Waals surface area contributed by atoms with Crippen molar-refractivity contribution in [1.82, 2.24) is 15.0 Å². The van der Waals surface area contributed by atoms with Gasteiger partial charge in [-0.05, 0) is 98.1 Å². The summed E-state index contributed by atoms with van der Waals surface area (Å²) in [5.41, 5.74) is 18.2. The molecule has 5 heteroatoms. The minimum atomic E-state index is -0.0496. The number of hydrogen-bond donors (Lipinski definition) is 0. The minimum absolute atomic E-state index is 0.0496. The molecule has 9 aromatic carbocycles. The molecular formula is C60H39N3O2. The van der Waals surface area contributed by atoms with Gasteiger partial charge in [0.05, 0.1) is 0 Å². The highest BCUT2D eigenvalue weighted by Gasteiger charge is 2.36. The molecule has 65 heavy (non-hydrogen) atoms. The van der Waals surface area contributed by atoms with Crippen LogP contribution in [0.5, 0.6) is 0 Å². The van der Waals surface area contributed by atoms with Crippen molar-refractivity contribution in [3.63, 3.8) is 0 Å². The number of nitrogens with zero attached hydrogens (tertiary/aromatic N) is 3. The summed E-state index contributed by atoms with van der Waals surface area (Å²) in [5.74, 6) is 1.73. The molecule has 306 valence electrons. The van der Waals surface area contributed by atoms with Crippen molar-refractivity contribution in [2.75, 3.05) is 0 Å². The molecule has 0 bridgehead atoms. The van der Waals surface area contributed by atoms with Crippen LogP contribution in [0.2, 0.25) is 0 Å². The lowest BCUT2D eigenvalue weighted by Crippen LogP contribution is -2.14. The van der Waals surface area contributed by atoms with E-state index in [1.165, 1.54) is 33.4 Å². The van der Waals surface area contributed by atoms with Gasteiger partial charge in [0.1, 0.15) is 22.3 Å². The molecule has 3 aromatic heterocycles. The molecule has 0 fully saturated rings. The second-order valence-electron chi connectivity index (χ2n) is 17.5. The molecule has 5 nitrogen and oxygen atoms in total. The van der Waals surface area contributed by atoms with Crippen molar-refractivity contribution < 1.29 is 8.83 Å². The summed E-state index contributed by atoms with van der Waals surface area (Å²) < 4.78 is 12.7. The molecule has 0 N–H and O–H groups in total. The van der Waals surface area contributed by atoms with Crippen LogP contribution in [0.4, 0.5) is 0 Å². The molecule has 0 radical (unpaired) electrons.